The minimum absolute atomic E-state index is 0.134. The first kappa shape index (κ1) is 13.1. The standard InChI is InChI=1S/C13H18F2O/c1-3-4-9(2)13(16)7-10-5-6-11(14)8-12(10)15/h5-6,8-9,13,16H,3-4,7H2,1-2H3. The van der Waals surface area contributed by atoms with Crippen molar-refractivity contribution < 1.29 is 13.9 Å². The number of hydrogen-bond acceptors (Lipinski definition) is 1. The molecule has 0 saturated heterocycles. The molecule has 0 aliphatic rings. The molecule has 1 aromatic rings. The largest absolute Gasteiger partial charge is 0.393 e. The van der Waals surface area contributed by atoms with E-state index in [0.29, 0.717) is 5.56 Å². The maximum atomic E-state index is 13.3. The minimum Gasteiger partial charge on any atom is -0.393 e. The van der Waals surface area contributed by atoms with Gasteiger partial charge < -0.3 is 5.11 Å². The molecule has 2 atom stereocenters. The number of halogens is 2. The second-order valence-electron chi connectivity index (χ2n) is 4.27. The van der Waals surface area contributed by atoms with Gasteiger partial charge in [0.15, 0.2) is 0 Å². The molecule has 0 aromatic heterocycles. The van der Waals surface area contributed by atoms with Gasteiger partial charge in [0.2, 0.25) is 0 Å². The Morgan fingerprint density at radius 2 is 2.00 bits per heavy atom. The second kappa shape index (κ2) is 5.94. The lowest BCUT2D eigenvalue weighted by atomic mass is 9.94. The van der Waals surface area contributed by atoms with Gasteiger partial charge in [-0.15, -0.1) is 0 Å². The van der Waals surface area contributed by atoms with Crippen molar-refractivity contribution in [1.82, 2.24) is 0 Å². The Labute approximate surface area is 95.1 Å². The van der Waals surface area contributed by atoms with Crippen LogP contribution in [0.3, 0.4) is 0 Å². The average Bonchev–Trinajstić information content (AvgIpc) is 2.22. The third kappa shape index (κ3) is 3.56. The Morgan fingerprint density at radius 1 is 1.31 bits per heavy atom. The van der Waals surface area contributed by atoms with Gasteiger partial charge in [0.25, 0.3) is 0 Å². The van der Waals surface area contributed by atoms with Crippen LogP contribution in [0.15, 0.2) is 18.2 Å². The summed E-state index contributed by atoms with van der Waals surface area (Å²) in [5.74, 6) is -1.03. The summed E-state index contributed by atoms with van der Waals surface area (Å²) in [5.41, 5.74) is 0.372. The van der Waals surface area contributed by atoms with Gasteiger partial charge in [0.05, 0.1) is 6.10 Å². The van der Waals surface area contributed by atoms with E-state index in [1.807, 2.05) is 13.8 Å². The van der Waals surface area contributed by atoms with E-state index in [1.165, 1.54) is 12.1 Å². The van der Waals surface area contributed by atoms with Crippen LogP contribution in [0.1, 0.15) is 32.3 Å². The highest BCUT2D eigenvalue weighted by Gasteiger charge is 2.16. The maximum absolute atomic E-state index is 13.3. The highest BCUT2D eigenvalue weighted by Crippen LogP contribution is 2.17. The van der Waals surface area contributed by atoms with Crippen molar-refractivity contribution in [2.75, 3.05) is 0 Å². The third-order valence-electron chi connectivity index (χ3n) is 2.85. The van der Waals surface area contributed by atoms with Crippen LogP contribution < -0.4 is 0 Å². The quantitative estimate of drug-likeness (QED) is 0.819. The molecule has 0 amide bonds. The van der Waals surface area contributed by atoms with Crippen molar-refractivity contribution in [2.45, 2.75) is 39.2 Å². The summed E-state index contributed by atoms with van der Waals surface area (Å²) in [7, 11) is 0. The normalized spacial score (nSPS) is 14.8. The topological polar surface area (TPSA) is 20.2 Å². The maximum Gasteiger partial charge on any atom is 0.129 e. The number of benzene rings is 1. The molecule has 0 saturated carbocycles. The predicted octanol–water partition coefficient (Wildman–Crippen LogP) is 3.30. The molecular formula is C13H18F2O. The molecule has 0 aliphatic heterocycles. The summed E-state index contributed by atoms with van der Waals surface area (Å²) >= 11 is 0. The molecule has 16 heavy (non-hydrogen) atoms. The van der Waals surface area contributed by atoms with E-state index >= 15 is 0 Å². The van der Waals surface area contributed by atoms with Crippen molar-refractivity contribution in [3.8, 4) is 0 Å². The van der Waals surface area contributed by atoms with Crippen LogP contribution in [-0.2, 0) is 6.42 Å². The molecule has 0 bridgehead atoms. The van der Waals surface area contributed by atoms with Crippen LogP contribution in [0, 0.1) is 17.6 Å². The van der Waals surface area contributed by atoms with Crippen molar-refractivity contribution >= 4 is 0 Å². The van der Waals surface area contributed by atoms with E-state index in [4.69, 9.17) is 0 Å². The van der Waals surface area contributed by atoms with Crippen LogP contribution in [-0.4, -0.2) is 11.2 Å². The molecule has 1 nitrogen and oxygen atoms in total. The lowest BCUT2D eigenvalue weighted by Crippen LogP contribution is -2.20. The van der Waals surface area contributed by atoms with E-state index in [9.17, 15) is 13.9 Å². The van der Waals surface area contributed by atoms with Crippen molar-refractivity contribution in [2.24, 2.45) is 5.92 Å². The number of hydrogen-bond donors (Lipinski definition) is 1. The summed E-state index contributed by atoms with van der Waals surface area (Å²) < 4.78 is 26.0. The lowest BCUT2D eigenvalue weighted by molar-refractivity contribution is 0.111. The van der Waals surface area contributed by atoms with E-state index in [1.54, 1.807) is 0 Å². The zero-order valence-electron chi connectivity index (χ0n) is 9.71. The van der Waals surface area contributed by atoms with Crippen LogP contribution in [0.5, 0.6) is 0 Å². The fraction of sp³-hybridized carbons (Fsp3) is 0.538. The van der Waals surface area contributed by atoms with E-state index in [-0.39, 0.29) is 12.3 Å². The summed E-state index contributed by atoms with van der Waals surface area (Å²) in [5, 5.41) is 9.84. The van der Waals surface area contributed by atoms with Crippen LogP contribution in [0.2, 0.25) is 0 Å². The fourth-order valence-electron chi connectivity index (χ4n) is 1.76. The van der Waals surface area contributed by atoms with Crippen molar-refractivity contribution in [3.05, 3.63) is 35.4 Å². The third-order valence-corrected chi connectivity index (χ3v) is 2.85. The predicted molar refractivity (Wildman–Crippen MR) is 60.1 cm³/mol. The van der Waals surface area contributed by atoms with Gasteiger partial charge in [-0.1, -0.05) is 26.3 Å². The van der Waals surface area contributed by atoms with Crippen molar-refractivity contribution in [3.63, 3.8) is 0 Å². The molecule has 1 N–H and O–H groups in total. The van der Waals surface area contributed by atoms with Gasteiger partial charge in [0, 0.05) is 12.5 Å². The molecule has 0 aliphatic carbocycles. The Bertz CT molecular complexity index is 339. The summed E-state index contributed by atoms with van der Waals surface area (Å²) in [6, 6.07) is 3.47. The Morgan fingerprint density at radius 3 is 2.56 bits per heavy atom. The zero-order valence-corrected chi connectivity index (χ0v) is 9.71. The Hall–Kier alpha value is -0.960. The number of aliphatic hydroxyl groups excluding tert-OH is 1. The molecule has 3 heteroatoms. The first-order chi connectivity index (χ1) is 7.54. The fourth-order valence-corrected chi connectivity index (χ4v) is 1.76. The SMILES string of the molecule is CCCC(C)C(O)Cc1ccc(F)cc1F. The van der Waals surface area contributed by atoms with Crippen LogP contribution >= 0.6 is 0 Å². The van der Waals surface area contributed by atoms with Gasteiger partial charge >= 0.3 is 0 Å². The second-order valence-corrected chi connectivity index (χ2v) is 4.27. The summed E-state index contributed by atoms with van der Waals surface area (Å²) in [6.45, 7) is 3.98. The van der Waals surface area contributed by atoms with Crippen molar-refractivity contribution in [1.29, 1.82) is 0 Å². The molecule has 2 unspecified atom stereocenters. The summed E-state index contributed by atoms with van der Waals surface area (Å²) in [4.78, 5) is 0. The minimum atomic E-state index is -0.586. The highest BCUT2D eigenvalue weighted by molar-refractivity contribution is 5.19. The van der Waals surface area contributed by atoms with Gasteiger partial charge in [-0.05, 0) is 24.0 Å². The first-order valence-electron chi connectivity index (χ1n) is 5.66. The zero-order chi connectivity index (χ0) is 12.1. The Kier molecular flexibility index (Phi) is 4.87. The monoisotopic (exact) mass is 228 g/mol. The van der Waals surface area contributed by atoms with Gasteiger partial charge in [0.1, 0.15) is 11.6 Å². The summed E-state index contributed by atoms with van der Waals surface area (Å²) in [6.07, 6.45) is 1.57. The van der Waals surface area contributed by atoms with E-state index in [0.717, 1.165) is 18.9 Å². The molecule has 1 aromatic carbocycles. The van der Waals surface area contributed by atoms with E-state index < -0.39 is 17.7 Å². The average molecular weight is 228 g/mol. The molecule has 0 radical (unpaired) electrons. The van der Waals surface area contributed by atoms with Gasteiger partial charge in [-0.3, -0.25) is 0 Å². The molecule has 0 fully saturated rings. The van der Waals surface area contributed by atoms with Gasteiger partial charge in [-0.25, -0.2) is 8.78 Å². The smallest absolute Gasteiger partial charge is 0.129 e. The van der Waals surface area contributed by atoms with Gasteiger partial charge in [-0.2, -0.15) is 0 Å². The molecule has 0 heterocycles. The molecule has 1 rings (SSSR count). The highest BCUT2D eigenvalue weighted by atomic mass is 19.1. The lowest BCUT2D eigenvalue weighted by Gasteiger charge is -2.18. The van der Waals surface area contributed by atoms with E-state index in [2.05, 4.69) is 0 Å². The first-order valence-corrected chi connectivity index (χ1v) is 5.66. The number of rotatable bonds is 5. The van der Waals surface area contributed by atoms with Crippen LogP contribution in [0.4, 0.5) is 8.78 Å². The Balaban J connectivity index is 2.65. The molecular weight excluding hydrogens is 210 g/mol. The van der Waals surface area contributed by atoms with Crippen LogP contribution in [0.25, 0.3) is 0 Å². The molecule has 90 valence electrons. The number of aliphatic hydroxyl groups is 1. The molecule has 0 spiro atoms.